The maximum atomic E-state index is 13.8. The summed E-state index contributed by atoms with van der Waals surface area (Å²) in [6.07, 6.45) is -5.11. The molecule has 2 amide bonds. The molecule has 2 N–H and O–H groups in total. The first-order chi connectivity index (χ1) is 13.7. The molecular formula is C19H11Cl2F3N2O3. The number of nitrogens with one attached hydrogen (secondary N) is 2. The van der Waals surface area contributed by atoms with E-state index in [-0.39, 0.29) is 21.5 Å². The molecule has 0 spiro atoms. The number of alkyl halides is 3. The van der Waals surface area contributed by atoms with Crippen molar-refractivity contribution in [2.45, 2.75) is 12.1 Å². The van der Waals surface area contributed by atoms with Crippen molar-refractivity contribution in [2.24, 2.45) is 0 Å². The number of rotatable bonds is 2. The maximum absolute atomic E-state index is 13.8. The third kappa shape index (κ3) is 3.49. The van der Waals surface area contributed by atoms with Crippen LogP contribution in [0.1, 0.15) is 0 Å². The molecule has 0 aromatic heterocycles. The Morgan fingerprint density at radius 3 is 2.14 bits per heavy atom. The summed E-state index contributed by atoms with van der Waals surface area (Å²) >= 11 is 11.6. The van der Waals surface area contributed by atoms with Crippen LogP contribution < -0.4 is 20.1 Å². The van der Waals surface area contributed by atoms with Crippen LogP contribution in [0.3, 0.4) is 0 Å². The largest absolute Gasteiger partial charge is 0.492 e. The lowest BCUT2D eigenvalue weighted by Gasteiger charge is -2.29. The third-order valence-electron chi connectivity index (χ3n) is 4.18. The number of fused-ring (bicyclic) bond motifs is 2. The fourth-order valence-electron chi connectivity index (χ4n) is 2.88. The van der Waals surface area contributed by atoms with Crippen LogP contribution in [0.15, 0.2) is 54.6 Å². The van der Waals surface area contributed by atoms with Gasteiger partial charge >= 0.3 is 18.1 Å². The molecule has 0 radical (unpaired) electrons. The second kappa shape index (κ2) is 6.89. The van der Waals surface area contributed by atoms with E-state index in [1.807, 2.05) is 12.1 Å². The van der Waals surface area contributed by atoms with Gasteiger partial charge in [-0.1, -0.05) is 59.6 Å². The van der Waals surface area contributed by atoms with Gasteiger partial charge in [-0.05, 0) is 11.5 Å². The highest BCUT2D eigenvalue weighted by Gasteiger charge is 2.66. The Kier molecular flexibility index (Phi) is 4.63. The van der Waals surface area contributed by atoms with Crippen molar-refractivity contribution >= 4 is 45.7 Å². The molecule has 150 valence electrons. The van der Waals surface area contributed by atoms with Crippen LogP contribution in [0.4, 0.5) is 23.7 Å². The second-order valence-corrected chi connectivity index (χ2v) is 6.95. The Morgan fingerprint density at radius 2 is 1.52 bits per heavy atom. The lowest BCUT2D eigenvalue weighted by Crippen LogP contribution is -2.65. The zero-order valence-corrected chi connectivity index (χ0v) is 15.8. The van der Waals surface area contributed by atoms with Gasteiger partial charge in [0.1, 0.15) is 0 Å². The van der Waals surface area contributed by atoms with E-state index in [0.29, 0.717) is 11.1 Å². The van der Waals surface area contributed by atoms with E-state index in [1.165, 1.54) is 0 Å². The van der Waals surface area contributed by atoms with Gasteiger partial charge in [-0.25, -0.2) is 4.79 Å². The number of ether oxygens (including phenoxy) is 2. The molecule has 0 saturated carbocycles. The van der Waals surface area contributed by atoms with Crippen molar-refractivity contribution in [3.8, 4) is 11.5 Å². The molecule has 0 saturated heterocycles. The Balaban J connectivity index is 1.62. The van der Waals surface area contributed by atoms with Gasteiger partial charge in [0.2, 0.25) is 0 Å². The standard InChI is InChI=1S/C19H11Cl2F3N2O3/c20-12-8-15-16(9-13(12)21)29-19(28-15,18(22,23)24)26-17(27)25-14-7-3-5-10-4-1-2-6-11(10)14/h1-9H,(H2,25,26,27). The van der Waals surface area contributed by atoms with E-state index in [2.05, 4.69) is 5.32 Å². The lowest BCUT2D eigenvalue weighted by atomic mass is 10.1. The maximum Gasteiger partial charge on any atom is 0.492 e. The predicted octanol–water partition coefficient (Wildman–Crippen LogP) is 5.96. The number of halogens is 5. The van der Waals surface area contributed by atoms with Crippen LogP contribution in [-0.4, -0.2) is 18.1 Å². The average molecular weight is 443 g/mol. The fourth-order valence-corrected chi connectivity index (χ4v) is 3.18. The van der Waals surface area contributed by atoms with Crippen molar-refractivity contribution in [3.63, 3.8) is 0 Å². The summed E-state index contributed by atoms with van der Waals surface area (Å²) in [4.78, 5) is 12.4. The van der Waals surface area contributed by atoms with Crippen LogP contribution >= 0.6 is 23.2 Å². The molecule has 0 aliphatic carbocycles. The minimum Gasteiger partial charge on any atom is -0.424 e. The summed E-state index contributed by atoms with van der Waals surface area (Å²) in [6.45, 7) is 0. The van der Waals surface area contributed by atoms with Gasteiger partial charge in [-0.2, -0.15) is 13.2 Å². The summed E-state index contributed by atoms with van der Waals surface area (Å²) in [5.74, 6) is -4.04. The predicted molar refractivity (Wildman–Crippen MR) is 103 cm³/mol. The molecule has 4 rings (SSSR count). The number of benzene rings is 3. The van der Waals surface area contributed by atoms with E-state index in [4.69, 9.17) is 32.7 Å². The van der Waals surface area contributed by atoms with E-state index in [9.17, 15) is 18.0 Å². The molecule has 10 heteroatoms. The highest BCUT2D eigenvalue weighted by atomic mass is 35.5. The molecule has 0 fully saturated rings. The SMILES string of the molecule is O=C(Nc1cccc2ccccc12)NC1(C(F)(F)F)Oc2cc(Cl)c(Cl)cc2O1. The van der Waals surface area contributed by atoms with E-state index >= 15 is 0 Å². The van der Waals surface area contributed by atoms with Crippen LogP contribution in [0.5, 0.6) is 11.5 Å². The molecule has 0 unspecified atom stereocenters. The van der Waals surface area contributed by atoms with Gasteiger partial charge in [0.05, 0.1) is 15.7 Å². The monoisotopic (exact) mass is 442 g/mol. The van der Waals surface area contributed by atoms with Crippen LogP contribution in [0, 0.1) is 0 Å². The molecule has 29 heavy (non-hydrogen) atoms. The van der Waals surface area contributed by atoms with Gasteiger partial charge in [0, 0.05) is 17.5 Å². The molecule has 5 nitrogen and oxygen atoms in total. The van der Waals surface area contributed by atoms with Gasteiger partial charge in [0.25, 0.3) is 0 Å². The second-order valence-electron chi connectivity index (χ2n) is 6.14. The first kappa shape index (κ1) is 19.5. The summed E-state index contributed by atoms with van der Waals surface area (Å²) < 4.78 is 51.2. The molecule has 3 aromatic carbocycles. The van der Waals surface area contributed by atoms with Gasteiger partial charge in [-0.15, -0.1) is 0 Å². The van der Waals surface area contributed by atoms with Gasteiger partial charge < -0.3 is 14.8 Å². The first-order valence-electron chi connectivity index (χ1n) is 8.19. The summed E-state index contributed by atoms with van der Waals surface area (Å²) in [5, 5.41) is 5.54. The summed E-state index contributed by atoms with van der Waals surface area (Å²) in [7, 11) is 0. The highest BCUT2D eigenvalue weighted by molar-refractivity contribution is 6.42. The molecule has 1 aliphatic heterocycles. The number of carbonyl (C=O) groups is 1. The first-order valence-corrected chi connectivity index (χ1v) is 8.95. The van der Waals surface area contributed by atoms with Gasteiger partial charge in [-0.3, -0.25) is 5.32 Å². The van der Waals surface area contributed by atoms with E-state index in [0.717, 1.165) is 17.5 Å². The van der Waals surface area contributed by atoms with Crippen LogP contribution in [0.2, 0.25) is 10.0 Å². The molecule has 1 heterocycles. The molecular weight excluding hydrogens is 432 g/mol. The minimum atomic E-state index is -5.11. The zero-order valence-electron chi connectivity index (χ0n) is 14.3. The van der Waals surface area contributed by atoms with E-state index < -0.39 is 18.1 Å². The Morgan fingerprint density at radius 1 is 0.931 bits per heavy atom. The number of carbonyl (C=O) groups excluding carboxylic acids is 1. The molecule has 0 atom stereocenters. The van der Waals surface area contributed by atoms with Crippen molar-refractivity contribution < 1.29 is 27.4 Å². The third-order valence-corrected chi connectivity index (χ3v) is 4.91. The highest BCUT2D eigenvalue weighted by Crippen LogP contribution is 2.48. The minimum absolute atomic E-state index is 0.0211. The van der Waals surface area contributed by atoms with Gasteiger partial charge in [0.15, 0.2) is 11.5 Å². The number of hydrogen-bond donors (Lipinski definition) is 2. The zero-order chi connectivity index (χ0) is 20.8. The number of anilines is 1. The van der Waals surface area contributed by atoms with Crippen LogP contribution in [0.25, 0.3) is 10.8 Å². The van der Waals surface area contributed by atoms with Crippen LogP contribution in [-0.2, 0) is 0 Å². The number of hydrogen-bond acceptors (Lipinski definition) is 3. The molecule has 1 aliphatic rings. The number of urea groups is 1. The molecule has 3 aromatic rings. The topological polar surface area (TPSA) is 59.6 Å². The Labute approximate surface area is 172 Å². The normalized spacial score (nSPS) is 14.7. The summed E-state index contributed by atoms with van der Waals surface area (Å²) in [5.41, 5.74) is 0.319. The quantitative estimate of drug-likeness (QED) is 0.514. The van der Waals surface area contributed by atoms with Crippen molar-refractivity contribution in [3.05, 3.63) is 64.6 Å². The average Bonchev–Trinajstić information content (AvgIpc) is 3.00. The Bertz CT molecular complexity index is 1090. The fraction of sp³-hybridized carbons (Fsp3) is 0.105. The Hall–Kier alpha value is -2.84. The van der Waals surface area contributed by atoms with Crippen molar-refractivity contribution in [1.82, 2.24) is 5.32 Å². The van der Waals surface area contributed by atoms with E-state index in [1.54, 1.807) is 35.6 Å². The number of amides is 2. The lowest BCUT2D eigenvalue weighted by molar-refractivity contribution is -0.317. The summed E-state index contributed by atoms with van der Waals surface area (Å²) in [6, 6.07) is 13.1. The molecule has 0 bridgehead atoms. The smallest absolute Gasteiger partial charge is 0.424 e. The van der Waals surface area contributed by atoms with Crippen molar-refractivity contribution in [1.29, 1.82) is 0 Å². The van der Waals surface area contributed by atoms with Crippen molar-refractivity contribution in [2.75, 3.05) is 5.32 Å².